The van der Waals surface area contributed by atoms with E-state index in [1.54, 1.807) is 20.8 Å². The van der Waals surface area contributed by atoms with Crippen LogP contribution in [0.15, 0.2) is 0 Å². The van der Waals surface area contributed by atoms with Crippen LogP contribution < -0.4 is 0 Å². The normalized spacial score (nSPS) is 21.1. The van der Waals surface area contributed by atoms with Crippen molar-refractivity contribution in [3.63, 3.8) is 0 Å². The van der Waals surface area contributed by atoms with Crippen molar-refractivity contribution in [1.29, 1.82) is 0 Å². The van der Waals surface area contributed by atoms with E-state index in [0.29, 0.717) is 13.0 Å². The number of aliphatic carboxylic acids is 1. The number of carbonyl (C=O) groups excluding carboxylic acids is 2. The number of carbonyl (C=O) groups is 3. The van der Waals surface area contributed by atoms with Crippen LogP contribution in [0.1, 0.15) is 40.0 Å². The van der Waals surface area contributed by atoms with Crippen molar-refractivity contribution < 1.29 is 19.5 Å². The van der Waals surface area contributed by atoms with Crippen molar-refractivity contribution >= 4 is 17.7 Å². The van der Waals surface area contributed by atoms with E-state index in [2.05, 4.69) is 0 Å². The standard InChI is InChI=1S/C12H19NO4/c1-12(2,3)9(14)10(15)13-7-5-4-6-8(13)11(16)17/h8H,4-7H2,1-3H3,(H,16,17)/t8-/m1/s1. The maximum atomic E-state index is 12.0. The highest BCUT2D eigenvalue weighted by molar-refractivity contribution is 6.38. The second kappa shape index (κ2) is 4.85. The third kappa shape index (κ3) is 3.05. The van der Waals surface area contributed by atoms with Gasteiger partial charge in [-0.05, 0) is 19.3 Å². The fraction of sp³-hybridized carbons (Fsp3) is 0.750. The average molecular weight is 241 g/mol. The van der Waals surface area contributed by atoms with Crippen LogP contribution in [0.4, 0.5) is 0 Å². The number of Topliss-reactive ketones (excluding diaryl/α,β-unsaturated/α-hetero) is 1. The molecular formula is C12H19NO4. The fourth-order valence-electron chi connectivity index (χ4n) is 1.88. The van der Waals surface area contributed by atoms with Gasteiger partial charge in [-0.15, -0.1) is 0 Å². The van der Waals surface area contributed by atoms with Crippen molar-refractivity contribution in [3.05, 3.63) is 0 Å². The second-order valence-corrected chi connectivity index (χ2v) is 5.43. The van der Waals surface area contributed by atoms with Gasteiger partial charge in [0.15, 0.2) is 0 Å². The molecule has 0 aromatic heterocycles. The Balaban J connectivity index is 2.86. The zero-order valence-corrected chi connectivity index (χ0v) is 10.5. The molecule has 5 heteroatoms. The van der Waals surface area contributed by atoms with E-state index in [-0.39, 0.29) is 0 Å². The van der Waals surface area contributed by atoms with Gasteiger partial charge in [-0.3, -0.25) is 9.59 Å². The van der Waals surface area contributed by atoms with Gasteiger partial charge in [-0.1, -0.05) is 20.8 Å². The molecule has 0 spiro atoms. The summed E-state index contributed by atoms with van der Waals surface area (Å²) < 4.78 is 0. The van der Waals surface area contributed by atoms with Gasteiger partial charge < -0.3 is 10.0 Å². The third-order valence-electron chi connectivity index (χ3n) is 2.92. The Morgan fingerprint density at radius 1 is 1.18 bits per heavy atom. The molecule has 0 saturated carbocycles. The Morgan fingerprint density at radius 3 is 2.24 bits per heavy atom. The first-order valence-electron chi connectivity index (χ1n) is 5.83. The number of piperidine rings is 1. The van der Waals surface area contributed by atoms with Gasteiger partial charge in [-0.25, -0.2) is 4.79 Å². The van der Waals surface area contributed by atoms with Crippen molar-refractivity contribution in [1.82, 2.24) is 4.90 Å². The zero-order valence-electron chi connectivity index (χ0n) is 10.5. The van der Waals surface area contributed by atoms with E-state index in [1.165, 1.54) is 4.90 Å². The molecule has 1 N–H and O–H groups in total. The topological polar surface area (TPSA) is 74.7 Å². The first kappa shape index (κ1) is 13.7. The number of rotatable bonds is 2. The molecule has 5 nitrogen and oxygen atoms in total. The van der Waals surface area contributed by atoms with E-state index in [9.17, 15) is 14.4 Å². The van der Waals surface area contributed by atoms with Crippen LogP contribution in [-0.4, -0.2) is 40.3 Å². The highest BCUT2D eigenvalue weighted by Crippen LogP contribution is 2.22. The lowest BCUT2D eigenvalue weighted by atomic mass is 9.89. The summed E-state index contributed by atoms with van der Waals surface area (Å²) in [6.45, 7) is 5.34. The van der Waals surface area contributed by atoms with Gasteiger partial charge in [0, 0.05) is 12.0 Å². The number of nitrogens with zero attached hydrogens (tertiary/aromatic N) is 1. The van der Waals surface area contributed by atoms with Crippen LogP contribution in [0.3, 0.4) is 0 Å². The van der Waals surface area contributed by atoms with Crippen molar-refractivity contribution in [2.45, 2.75) is 46.1 Å². The van der Waals surface area contributed by atoms with Gasteiger partial charge in [0.25, 0.3) is 5.91 Å². The van der Waals surface area contributed by atoms with Gasteiger partial charge in [-0.2, -0.15) is 0 Å². The van der Waals surface area contributed by atoms with E-state index < -0.39 is 29.1 Å². The molecule has 0 radical (unpaired) electrons. The molecule has 96 valence electrons. The molecule has 1 atom stereocenters. The van der Waals surface area contributed by atoms with Crippen molar-refractivity contribution in [3.8, 4) is 0 Å². The molecule has 0 aromatic rings. The first-order valence-corrected chi connectivity index (χ1v) is 5.83. The summed E-state index contributed by atoms with van der Waals surface area (Å²) in [5, 5.41) is 9.04. The monoisotopic (exact) mass is 241 g/mol. The summed E-state index contributed by atoms with van der Waals surface area (Å²) in [5.41, 5.74) is -0.766. The van der Waals surface area contributed by atoms with Crippen LogP contribution >= 0.6 is 0 Å². The molecule has 1 amide bonds. The number of amides is 1. The van der Waals surface area contributed by atoms with Crippen molar-refractivity contribution in [2.75, 3.05) is 6.54 Å². The summed E-state index contributed by atoms with van der Waals surface area (Å²) in [6.07, 6.45) is 1.97. The number of carboxylic acid groups (broad SMARTS) is 1. The average Bonchev–Trinajstić information content (AvgIpc) is 2.25. The van der Waals surface area contributed by atoms with Crippen LogP contribution in [0, 0.1) is 5.41 Å². The Hall–Kier alpha value is -1.39. The molecule has 1 fully saturated rings. The Morgan fingerprint density at radius 2 is 1.76 bits per heavy atom. The molecule has 0 aliphatic carbocycles. The number of hydrogen-bond donors (Lipinski definition) is 1. The lowest BCUT2D eigenvalue weighted by Crippen LogP contribution is -2.52. The highest BCUT2D eigenvalue weighted by Gasteiger charge is 2.38. The Bertz CT molecular complexity index is 343. The number of carboxylic acids is 1. The van der Waals surface area contributed by atoms with Crippen LogP contribution in [0.2, 0.25) is 0 Å². The second-order valence-electron chi connectivity index (χ2n) is 5.43. The Labute approximate surface area is 101 Å². The van der Waals surface area contributed by atoms with Gasteiger partial charge in [0.2, 0.25) is 5.78 Å². The van der Waals surface area contributed by atoms with Crippen LogP contribution in [-0.2, 0) is 14.4 Å². The summed E-state index contributed by atoms with van der Waals surface area (Å²) in [4.78, 5) is 36.1. The highest BCUT2D eigenvalue weighted by atomic mass is 16.4. The van der Waals surface area contributed by atoms with Crippen molar-refractivity contribution in [2.24, 2.45) is 5.41 Å². The minimum Gasteiger partial charge on any atom is -0.480 e. The summed E-state index contributed by atoms with van der Waals surface area (Å²) >= 11 is 0. The fourth-order valence-corrected chi connectivity index (χ4v) is 1.88. The van der Waals surface area contributed by atoms with Crippen LogP contribution in [0.5, 0.6) is 0 Å². The Kier molecular flexibility index (Phi) is 3.91. The molecule has 1 saturated heterocycles. The molecule has 1 heterocycles. The molecule has 1 rings (SSSR count). The minimum absolute atomic E-state index is 0.359. The SMILES string of the molecule is CC(C)(C)C(=O)C(=O)N1CCCC[C@@H]1C(=O)O. The number of ketones is 1. The number of hydrogen-bond acceptors (Lipinski definition) is 3. The molecule has 17 heavy (non-hydrogen) atoms. The molecule has 0 bridgehead atoms. The molecule has 1 aliphatic rings. The maximum absolute atomic E-state index is 12.0. The van der Waals surface area contributed by atoms with E-state index >= 15 is 0 Å². The number of likely N-dealkylation sites (tertiary alicyclic amines) is 1. The molecular weight excluding hydrogens is 222 g/mol. The van der Waals surface area contributed by atoms with E-state index in [1.807, 2.05) is 0 Å². The third-order valence-corrected chi connectivity index (χ3v) is 2.92. The first-order chi connectivity index (χ1) is 7.75. The quantitative estimate of drug-likeness (QED) is 0.734. The van der Waals surface area contributed by atoms with E-state index in [4.69, 9.17) is 5.11 Å². The largest absolute Gasteiger partial charge is 0.480 e. The lowest BCUT2D eigenvalue weighted by Gasteiger charge is -2.33. The predicted octanol–water partition coefficient (Wildman–Crippen LogP) is 1.07. The molecule has 1 aliphatic heterocycles. The smallest absolute Gasteiger partial charge is 0.326 e. The predicted molar refractivity (Wildman–Crippen MR) is 61.4 cm³/mol. The van der Waals surface area contributed by atoms with Crippen LogP contribution in [0.25, 0.3) is 0 Å². The minimum atomic E-state index is -1.03. The summed E-state index contributed by atoms with van der Waals surface area (Å²) in [6, 6.07) is -0.845. The van der Waals surface area contributed by atoms with Gasteiger partial charge in [0.05, 0.1) is 0 Å². The lowest BCUT2D eigenvalue weighted by molar-refractivity contribution is -0.157. The zero-order chi connectivity index (χ0) is 13.2. The maximum Gasteiger partial charge on any atom is 0.326 e. The van der Waals surface area contributed by atoms with E-state index in [0.717, 1.165) is 12.8 Å². The summed E-state index contributed by atoms with van der Waals surface area (Å²) in [7, 11) is 0. The molecule has 0 unspecified atom stereocenters. The van der Waals surface area contributed by atoms with Gasteiger partial charge >= 0.3 is 5.97 Å². The molecule has 0 aromatic carbocycles. The van der Waals surface area contributed by atoms with Gasteiger partial charge in [0.1, 0.15) is 6.04 Å². The summed E-state index contributed by atoms with van der Waals surface area (Å²) in [5.74, 6) is -2.21.